The van der Waals surface area contributed by atoms with Crippen LogP contribution < -0.4 is 5.73 Å². The zero-order chi connectivity index (χ0) is 12.5. The minimum Gasteiger partial charge on any atom is -0.350 e. The first-order valence-corrected chi connectivity index (χ1v) is 6.29. The van der Waals surface area contributed by atoms with Gasteiger partial charge in [-0.1, -0.05) is 18.2 Å². The average molecular weight is 230 g/mol. The fourth-order valence-corrected chi connectivity index (χ4v) is 2.36. The Kier molecular flexibility index (Phi) is 3.25. The van der Waals surface area contributed by atoms with Gasteiger partial charge >= 0.3 is 0 Å². The number of rotatable bonds is 4. The smallest absolute Gasteiger partial charge is 0.0480 e. The zero-order valence-corrected chi connectivity index (χ0v) is 11.0. The van der Waals surface area contributed by atoms with E-state index in [1.807, 2.05) is 0 Å². The molecule has 2 rings (SSSR count). The summed E-state index contributed by atoms with van der Waals surface area (Å²) in [6.45, 7) is 4.19. The molecule has 0 amide bonds. The van der Waals surface area contributed by atoms with Gasteiger partial charge in [-0.2, -0.15) is 0 Å². The van der Waals surface area contributed by atoms with Crippen LogP contribution in [0.3, 0.4) is 0 Å². The normalized spacial score (nSPS) is 12.2. The van der Waals surface area contributed by atoms with E-state index in [0.29, 0.717) is 0 Å². The van der Waals surface area contributed by atoms with E-state index in [4.69, 9.17) is 5.73 Å². The predicted octanol–water partition coefficient (Wildman–Crippen LogP) is 3.24. The van der Waals surface area contributed by atoms with Crippen molar-refractivity contribution >= 4 is 10.9 Å². The maximum absolute atomic E-state index is 6.01. The molecule has 2 N–H and O–H groups in total. The molecule has 0 aliphatic carbocycles. The Balaban J connectivity index is 2.14. The Hall–Kier alpha value is -1.28. The lowest BCUT2D eigenvalue weighted by molar-refractivity contribution is 0.459. The van der Waals surface area contributed by atoms with Crippen LogP contribution in [0.4, 0.5) is 0 Å². The highest BCUT2D eigenvalue weighted by Gasteiger charge is 2.11. The van der Waals surface area contributed by atoms with Gasteiger partial charge in [0, 0.05) is 29.7 Å². The van der Waals surface area contributed by atoms with Gasteiger partial charge in [-0.25, -0.2) is 0 Å². The van der Waals surface area contributed by atoms with Gasteiger partial charge in [0.15, 0.2) is 0 Å². The van der Waals surface area contributed by atoms with Crippen molar-refractivity contribution in [2.24, 2.45) is 12.8 Å². The van der Waals surface area contributed by atoms with E-state index in [2.05, 4.69) is 55.9 Å². The van der Waals surface area contributed by atoms with Gasteiger partial charge in [0.2, 0.25) is 0 Å². The summed E-state index contributed by atoms with van der Waals surface area (Å²) in [5.41, 5.74) is 8.71. The Morgan fingerprint density at radius 2 is 1.94 bits per heavy atom. The van der Waals surface area contributed by atoms with Crippen LogP contribution in [0.2, 0.25) is 0 Å². The second kappa shape index (κ2) is 4.53. The lowest BCUT2D eigenvalue weighted by atomic mass is 9.97. The molecule has 1 heterocycles. The van der Waals surface area contributed by atoms with Crippen LogP contribution >= 0.6 is 0 Å². The summed E-state index contributed by atoms with van der Waals surface area (Å²) in [6.07, 6.45) is 5.57. The second-order valence-corrected chi connectivity index (χ2v) is 5.62. The van der Waals surface area contributed by atoms with Gasteiger partial charge in [0.1, 0.15) is 0 Å². The van der Waals surface area contributed by atoms with Gasteiger partial charge in [0.25, 0.3) is 0 Å². The molecule has 0 atom stereocenters. The molecule has 2 nitrogen and oxygen atoms in total. The summed E-state index contributed by atoms with van der Waals surface area (Å²) in [7, 11) is 2.11. The maximum atomic E-state index is 6.01. The Morgan fingerprint density at radius 1 is 1.24 bits per heavy atom. The number of benzene rings is 1. The average Bonchev–Trinajstić information content (AvgIpc) is 2.55. The number of aromatic nitrogens is 1. The van der Waals surface area contributed by atoms with E-state index in [1.165, 1.54) is 16.5 Å². The monoisotopic (exact) mass is 230 g/mol. The van der Waals surface area contributed by atoms with Crippen molar-refractivity contribution in [3.05, 3.63) is 36.0 Å². The number of hydrogen-bond acceptors (Lipinski definition) is 1. The molecule has 0 aliphatic rings. The summed E-state index contributed by atoms with van der Waals surface area (Å²) in [5.74, 6) is 0. The molecule has 2 heteroatoms. The molecule has 0 aliphatic heterocycles. The molecule has 1 aromatic carbocycles. The molecule has 0 bridgehead atoms. The molecule has 0 saturated carbocycles. The van der Waals surface area contributed by atoms with Crippen LogP contribution in [0, 0.1) is 0 Å². The standard InChI is InChI=1S/C15H22N2/c1-15(2,16)10-6-7-12-11-17(3)14-9-5-4-8-13(12)14/h4-5,8-9,11H,6-7,10,16H2,1-3H3. The molecule has 17 heavy (non-hydrogen) atoms. The van der Waals surface area contributed by atoms with E-state index in [1.54, 1.807) is 0 Å². The van der Waals surface area contributed by atoms with Crippen LogP contribution in [0.5, 0.6) is 0 Å². The lowest BCUT2D eigenvalue weighted by Gasteiger charge is -2.17. The van der Waals surface area contributed by atoms with Crippen molar-refractivity contribution in [1.82, 2.24) is 4.57 Å². The molecular formula is C15H22N2. The SMILES string of the molecule is Cn1cc(CCCC(C)(C)N)c2ccccc21. The first kappa shape index (κ1) is 12.2. The fraction of sp³-hybridized carbons (Fsp3) is 0.467. The van der Waals surface area contributed by atoms with Crippen LogP contribution in [0.1, 0.15) is 32.3 Å². The first-order chi connectivity index (χ1) is 7.97. The number of hydrogen-bond donors (Lipinski definition) is 1. The van der Waals surface area contributed by atoms with Crippen LogP contribution in [0.15, 0.2) is 30.5 Å². The van der Waals surface area contributed by atoms with E-state index in [0.717, 1.165) is 19.3 Å². The summed E-state index contributed by atoms with van der Waals surface area (Å²) >= 11 is 0. The first-order valence-electron chi connectivity index (χ1n) is 6.29. The highest BCUT2D eigenvalue weighted by molar-refractivity contribution is 5.83. The second-order valence-electron chi connectivity index (χ2n) is 5.62. The topological polar surface area (TPSA) is 30.9 Å². The van der Waals surface area contributed by atoms with Gasteiger partial charge in [-0.15, -0.1) is 0 Å². The lowest BCUT2D eigenvalue weighted by Crippen LogP contribution is -2.31. The van der Waals surface area contributed by atoms with E-state index in [9.17, 15) is 0 Å². The Labute approximate surface area is 103 Å². The number of fused-ring (bicyclic) bond motifs is 1. The van der Waals surface area contributed by atoms with Crippen molar-refractivity contribution < 1.29 is 0 Å². The van der Waals surface area contributed by atoms with Crippen molar-refractivity contribution in [3.8, 4) is 0 Å². The van der Waals surface area contributed by atoms with E-state index < -0.39 is 0 Å². The third kappa shape index (κ3) is 2.89. The highest BCUT2D eigenvalue weighted by Crippen LogP contribution is 2.22. The van der Waals surface area contributed by atoms with E-state index in [-0.39, 0.29) is 5.54 Å². The number of para-hydroxylation sites is 1. The number of nitrogens with two attached hydrogens (primary N) is 1. The fourth-order valence-electron chi connectivity index (χ4n) is 2.36. The zero-order valence-electron chi connectivity index (χ0n) is 11.0. The predicted molar refractivity (Wildman–Crippen MR) is 74.1 cm³/mol. The molecule has 1 aromatic heterocycles. The summed E-state index contributed by atoms with van der Waals surface area (Å²) in [4.78, 5) is 0. The van der Waals surface area contributed by atoms with Gasteiger partial charge in [0.05, 0.1) is 0 Å². The molecule has 0 saturated heterocycles. The van der Waals surface area contributed by atoms with Crippen molar-refractivity contribution in [2.45, 2.75) is 38.6 Å². The highest BCUT2D eigenvalue weighted by atomic mass is 14.9. The molecule has 92 valence electrons. The summed E-state index contributed by atoms with van der Waals surface area (Å²) in [6, 6.07) is 8.58. The number of nitrogens with zero attached hydrogens (tertiary/aromatic N) is 1. The van der Waals surface area contributed by atoms with Crippen molar-refractivity contribution in [1.29, 1.82) is 0 Å². The molecule has 0 fully saturated rings. The molecule has 0 unspecified atom stereocenters. The van der Waals surface area contributed by atoms with Crippen LogP contribution in [-0.4, -0.2) is 10.1 Å². The van der Waals surface area contributed by atoms with Crippen molar-refractivity contribution in [3.63, 3.8) is 0 Å². The maximum Gasteiger partial charge on any atom is 0.0480 e. The Morgan fingerprint density at radius 3 is 2.65 bits per heavy atom. The minimum atomic E-state index is -0.0510. The molecule has 0 radical (unpaired) electrons. The third-order valence-corrected chi connectivity index (χ3v) is 3.25. The molecular weight excluding hydrogens is 208 g/mol. The van der Waals surface area contributed by atoms with E-state index >= 15 is 0 Å². The minimum absolute atomic E-state index is 0.0510. The van der Waals surface area contributed by atoms with Gasteiger partial charge in [-0.3, -0.25) is 0 Å². The van der Waals surface area contributed by atoms with Crippen LogP contribution in [-0.2, 0) is 13.5 Å². The largest absolute Gasteiger partial charge is 0.350 e. The molecule has 0 spiro atoms. The van der Waals surface area contributed by atoms with Crippen molar-refractivity contribution in [2.75, 3.05) is 0 Å². The van der Waals surface area contributed by atoms with Crippen LogP contribution in [0.25, 0.3) is 10.9 Å². The quantitative estimate of drug-likeness (QED) is 0.859. The summed E-state index contributed by atoms with van der Waals surface area (Å²) in [5, 5.41) is 1.38. The summed E-state index contributed by atoms with van der Waals surface area (Å²) < 4.78 is 2.21. The third-order valence-electron chi connectivity index (χ3n) is 3.25. The number of aryl methyl sites for hydroxylation is 2. The van der Waals surface area contributed by atoms with Gasteiger partial charge < -0.3 is 10.3 Å². The Bertz CT molecular complexity index is 503. The van der Waals surface area contributed by atoms with Gasteiger partial charge in [-0.05, 0) is 44.7 Å². The molecule has 2 aromatic rings.